The number of halogens is 12. The third-order valence-electron chi connectivity index (χ3n) is 1.89. The molecule has 0 aromatic carbocycles. The molecular weight excluding hydrogens is 360 g/mol. The average Bonchev–Trinajstić information content (AvgIpc) is 2.17. The Labute approximate surface area is 110 Å². The Morgan fingerprint density at radius 1 is 0.591 bits per heavy atom. The van der Waals surface area contributed by atoms with Gasteiger partial charge in [-0.25, -0.2) is 4.79 Å². The molecule has 0 rings (SSSR count). The number of rotatable bonds is 2. The molecule has 0 saturated carbocycles. The highest BCUT2D eigenvalue weighted by Crippen LogP contribution is 2.55. The molecule has 0 fully saturated rings. The molecule has 0 radical (unpaired) electrons. The number of hydrogen-bond acceptors (Lipinski definition) is 3. The Bertz CT molecular complexity index is 413. The number of hydrogen-bond donors (Lipinski definition) is 0. The Morgan fingerprint density at radius 2 is 0.864 bits per heavy atom. The first-order chi connectivity index (χ1) is 9.29. The molecule has 3 nitrogen and oxygen atoms in total. The summed E-state index contributed by atoms with van der Waals surface area (Å²) in [6.07, 6.45) is -28.7. The summed E-state index contributed by atoms with van der Waals surface area (Å²) in [5.41, 5.74) is -7.29. The highest BCUT2D eigenvalue weighted by molar-refractivity contribution is 6.36. The molecule has 0 unspecified atom stereocenters. The third kappa shape index (κ3) is 3.37. The van der Waals surface area contributed by atoms with E-state index in [1.54, 1.807) is 0 Å². The smallest absolute Gasteiger partial charge is 0.426 e. The van der Waals surface area contributed by atoms with Crippen LogP contribution in [-0.2, 0) is 14.3 Å². The van der Waals surface area contributed by atoms with Crippen molar-refractivity contribution in [2.24, 2.45) is 0 Å². The van der Waals surface area contributed by atoms with Gasteiger partial charge in [-0.2, -0.15) is 52.7 Å². The van der Waals surface area contributed by atoms with Crippen LogP contribution in [0.5, 0.6) is 0 Å². The van der Waals surface area contributed by atoms with Crippen LogP contribution in [0.25, 0.3) is 0 Å². The second kappa shape index (κ2) is 5.19. The van der Waals surface area contributed by atoms with E-state index < -0.39 is 42.1 Å². The topological polar surface area (TPSA) is 43.4 Å². The number of alkyl halides is 12. The molecular formula is C7F12O3. The maximum atomic E-state index is 12.2. The maximum absolute atomic E-state index is 12.2. The van der Waals surface area contributed by atoms with Gasteiger partial charge < -0.3 is 4.74 Å². The zero-order chi connectivity index (χ0) is 18.4. The predicted molar refractivity (Wildman–Crippen MR) is 38.0 cm³/mol. The van der Waals surface area contributed by atoms with Crippen LogP contribution in [0.2, 0.25) is 0 Å². The minimum Gasteiger partial charge on any atom is -0.426 e. The molecule has 0 saturated heterocycles. The fourth-order valence-corrected chi connectivity index (χ4v) is 0.957. The summed E-state index contributed by atoms with van der Waals surface area (Å²) in [6.45, 7) is 0. The molecule has 0 aliphatic heterocycles. The summed E-state index contributed by atoms with van der Waals surface area (Å²) in [6, 6.07) is 0. The van der Waals surface area contributed by atoms with Gasteiger partial charge in [0.25, 0.3) is 0 Å². The van der Waals surface area contributed by atoms with E-state index in [9.17, 15) is 62.3 Å². The largest absolute Gasteiger partial charge is 0.461 e. The van der Waals surface area contributed by atoms with Crippen LogP contribution in [0.15, 0.2) is 0 Å². The lowest BCUT2D eigenvalue weighted by Crippen LogP contribution is -2.69. The van der Waals surface area contributed by atoms with E-state index in [2.05, 4.69) is 0 Å². The van der Waals surface area contributed by atoms with E-state index in [1.165, 1.54) is 0 Å². The van der Waals surface area contributed by atoms with Crippen molar-refractivity contribution < 1.29 is 67.0 Å². The van der Waals surface area contributed by atoms with Crippen molar-refractivity contribution in [2.75, 3.05) is 0 Å². The molecule has 0 aromatic heterocycles. The Morgan fingerprint density at radius 3 is 1.05 bits per heavy atom. The van der Waals surface area contributed by atoms with Gasteiger partial charge in [0.15, 0.2) is 0 Å². The number of carbonyl (C=O) groups excluding carboxylic acids is 2. The molecule has 0 aliphatic rings. The van der Waals surface area contributed by atoms with E-state index in [4.69, 9.17) is 0 Å². The molecule has 0 atom stereocenters. The van der Waals surface area contributed by atoms with E-state index in [-0.39, 0.29) is 0 Å². The summed E-state index contributed by atoms with van der Waals surface area (Å²) in [5.74, 6) is -7.99. The molecule has 15 heteroatoms. The fraction of sp³-hybridized carbons (Fsp3) is 0.714. The summed E-state index contributed by atoms with van der Waals surface area (Å²) in [7, 11) is 0. The predicted octanol–water partition coefficient (Wildman–Crippen LogP) is 3.09. The van der Waals surface area contributed by atoms with Gasteiger partial charge in [0.2, 0.25) is 0 Å². The Balaban J connectivity index is 6.16. The van der Waals surface area contributed by atoms with Gasteiger partial charge in [-0.15, -0.1) is 0 Å². The average molecular weight is 360 g/mol. The molecule has 0 amide bonds. The summed E-state index contributed by atoms with van der Waals surface area (Å²) in [5, 5.41) is 0. The SMILES string of the molecule is O=C(OC(C(F)(F)F)(C(F)(F)F)C(F)(F)F)C(=O)C(F)(F)F. The minimum atomic E-state index is -7.44. The molecule has 0 bridgehead atoms. The monoisotopic (exact) mass is 360 g/mol. The number of carbonyl (C=O) groups is 2. The zero-order valence-corrected chi connectivity index (χ0v) is 9.26. The lowest BCUT2D eigenvalue weighted by atomic mass is 10.0. The molecule has 130 valence electrons. The van der Waals surface area contributed by atoms with Crippen molar-refractivity contribution in [3.8, 4) is 0 Å². The summed E-state index contributed by atoms with van der Waals surface area (Å²) in [4.78, 5) is 20.5. The third-order valence-corrected chi connectivity index (χ3v) is 1.89. The van der Waals surface area contributed by atoms with E-state index in [1.807, 2.05) is 4.74 Å². The quantitative estimate of drug-likeness (QED) is 0.432. The van der Waals surface area contributed by atoms with Crippen LogP contribution in [0, 0.1) is 0 Å². The van der Waals surface area contributed by atoms with Gasteiger partial charge in [-0.1, -0.05) is 0 Å². The highest BCUT2D eigenvalue weighted by Gasteiger charge is 2.87. The van der Waals surface area contributed by atoms with Crippen molar-refractivity contribution in [1.29, 1.82) is 0 Å². The molecule has 0 heterocycles. The van der Waals surface area contributed by atoms with Crippen molar-refractivity contribution >= 4 is 11.8 Å². The normalized spacial score (nSPS) is 14.7. The van der Waals surface area contributed by atoms with Crippen molar-refractivity contribution in [2.45, 2.75) is 30.3 Å². The van der Waals surface area contributed by atoms with Crippen LogP contribution < -0.4 is 0 Å². The molecule has 0 spiro atoms. The standard InChI is InChI=1S/C7F12O3/c8-3(9,10)1(20)2(21)22-4(5(11,12)13,6(14,15)16)7(17,18)19. The first-order valence-electron chi connectivity index (χ1n) is 4.33. The van der Waals surface area contributed by atoms with Crippen LogP contribution in [0.3, 0.4) is 0 Å². The van der Waals surface area contributed by atoms with E-state index in [0.29, 0.717) is 0 Å². The summed E-state index contributed by atoms with van der Waals surface area (Å²) >= 11 is 0. The number of ketones is 1. The number of Topliss-reactive ketones (excluding diaryl/α,β-unsaturated/α-hetero) is 1. The van der Waals surface area contributed by atoms with Crippen LogP contribution in [-0.4, -0.2) is 42.1 Å². The second-order valence-corrected chi connectivity index (χ2v) is 3.39. The molecule has 0 aromatic rings. The van der Waals surface area contributed by atoms with Gasteiger partial charge in [-0.05, 0) is 0 Å². The lowest BCUT2D eigenvalue weighted by Gasteiger charge is -2.37. The van der Waals surface area contributed by atoms with E-state index in [0.717, 1.165) is 0 Å². The second-order valence-electron chi connectivity index (χ2n) is 3.39. The fourth-order valence-electron chi connectivity index (χ4n) is 0.957. The zero-order valence-electron chi connectivity index (χ0n) is 9.26. The van der Waals surface area contributed by atoms with Gasteiger partial charge in [-0.3, -0.25) is 4.79 Å². The highest BCUT2D eigenvalue weighted by atomic mass is 19.4. The summed E-state index contributed by atoms with van der Waals surface area (Å²) < 4.78 is 147. The van der Waals surface area contributed by atoms with Crippen molar-refractivity contribution in [1.82, 2.24) is 0 Å². The first-order valence-corrected chi connectivity index (χ1v) is 4.33. The van der Waals surface area contributed by atoms with Crippen LogP contribution in [0.1, 0.15) is 0 Å². The van der Waals surface area contributed by atoms with Crippen LogP contribution in [0.4, 0.5) is 52.7 Å². The number of ether oxygens (including phenoxy) is 1. The van der Waals surface area contributed by atoms with Gasteiger partial charge in [0.05, 0.1) is 0 Å². The maximum Gasteiger partial charge on any atom is 0.461 e. The van der Waals surface area contributed by atoms with Gasteiger partial charge in [0.1, 0.15) is 0 Å². The first kappa shape index (κ1) is 20.3. The van der Waals surface area contributed by atoms with E-state index >= 15 is 0 Å². The molecule has 0 N–H and O–H groups in total. The molecule has 0 aliphatic carbocycles. The Hall–Kier alpha value is -1.70. The van der Waals surface area contributed by atoms with Crippen molar-refractivity contribution in [3.05, 3.63) is 0 Å². The lowest BCUT2D eigenvalue weighted by molar-refractivity contribution is -0.445. The minimum absolute atomic E-state index is 1.94. The Kier molecular flexibility index (Phi) is 4.79. The van der Waals surface area contributed by atoms with Crippen molar-refractivity contribution in [3.63, 3.8) is 0 Å². The number of esters is 1. The van der Waals surface area contributed by atoms with Gasteiger partial charge in [0, 0.05) is 0 Å². The van der Waals surface area contributed by atoms with Gasteiger partial charge >= 0.3 is 42.1 Å². The van der Waals surface area contributed by atoms with Crippen LogP contribution >= 0.6 is 0 Å². The molecule has 22 heavy (non-hydrogen) atoms.